The highest BCUT2D eigenvalue weighted by molar-refractivity contribution is 5.92. The van der Waals surface area contributed by atoms with Crippen LogP contribution in [-0.2, 0) is 11.3 Å². The van der Waals surface area contributed by atoms with Crippen molar-refractivity contribution in [2.24, 2.45) is 0 Å². The number of anilines is 1. The number of nitrogens with zero attached hydrogens (tertiary/aromatic N) is 3. The van der Waals surface area contributed by atoms with Crippen LogP contribution in [-0.4, -0.2) is 27.2 Å². The number of ether oxygens (including phenoxy) is 1. The minimum absolute atomic E-state index is 0.0555. The van der Waals surface area contributed by atoms with Gasteiger partial charge >= 0.3 is 5.69 Å². The van der Waals surface area contributed by atoms with E-state index >= 15 is 0 Å². The van der Waals surface area contributed by atoms with Gasteiger partial charge in [-0.05, 0) is 25.5 Å². The molecule has 2 rings (SSSR count). The van der Waals surface area contributed by atoms with Crippen molar-refractivity contribution in [3.05, 3.63) is 46.8 Å². The molecule has 0 aliphatic heterocycles. The third kappa shape index (κ3) is 4.80. The van der Waals surface area contributed by atoms with E-state index in [1.165, 1.54) is 17.1 Å². The Labute approximate surface area is 133 Å². The van der Waals surface area contributed by atoms with Gasteiger partial charge in [0.25, 0.3) is 0 Å². The number of rotatable bonds is 8. The highest BCUT2D eigenvalue weighted by Crippen LogP contribution is 2.23. The van der Waals surface area contributed by atoms with E-state index in [0.29, 0.717) is 31.0 Å². The Balaban J connectivity index is 1.82. The van der Waals surface area contributed by atoms with Crippen molar-refractivity contribution in [3.8, 4) is 5.75 Å². The first-order chi connectivity index (χ1) is 11.1. The fourth-order valence-corrected chi connectivity index (χ4v) is 2.03. The maximum atomic E-state index is 12.0. The Bertz CT molecular complexity index is 684. The molecule has 1 aromatic heterocycles. The average Bonchev–Trinajstić information content (AvgIpc) is 2.99. The maximum Gasteiger partial charge on any atom is 0.306 e. The second-order valence-corrected chi connectivity index (χ2v) is 4.80. The predicted octanol–water partition coefficient (Wildman–Crippen LogP) is 2.61. The van der Waals surface area contributed by atoms with E-state index in [-0.39, 0.29) is 18.0 Å². The maximum absolute atomic E-state index is 12.0. The van der Waals surface area contributed by atoms with Gasteiger partial charge in [0.15, 0.2) is 0 Å². The fourth-order valence-electron chi connectivity index (χ4n) is 2.03. The molecule has 0 aliphatic carbocycles. The Morgan fingerprint density at radius 3 is 2.91 bits per heavy atom. The van der Waals surface area contributed by atoms with Gasteiger partial charge in [-0.15, -0.1) is 0 Å². The zero-order chi connectivity index (χ0) is 16.7. The van der Waals surface area contributed by atoms with Gasteiger partial charge in [0.2, 0.25) is 5.91 Å². The molecule has 1 N–H and O–H groups in total. The normalized spacial score (nSPS) is 10.3. The van der Waals surface area contributed by atoms with Crippen molar-refractivity contribution in [2.45, 2.75) is 26.3 Å². The highest BCUT2D eigenvalue weighted by Gasteiger charge is 2.10. The number of benzene rings is 1. The molecular weight excluding hydrogens is 300 g/mol. The number of amides is 1. The van der Waals surface area contributed by atoms with Crippen LogP contribution in [0.2, 0.25) is 0 Å². The molecule has 8 nitrogen and oxygen atoms in total. The van der Waals surface area contributed by atoms with Crippen LogP contribution in [0.25, 0.3) is 0 Å². The highest BCUT2D eigenvalue weighted by atomic mass is 16.6. The molecule has 1 amide bonds. The van der Waals surface area contributed by atoms with Crippen LogP contribution in [0, 0.1) is 10.1 Å². The number of para-hydroxylation sites is 2. The van der Waals surface area contributed by atoms with Gasteiger partial charge in [0.1, 0.15) is 18.1 Å². The minimum atomic E-state index is -0.499. The molecule has 0 atom stereocenters. The van der Waals surface area contributed by atoms with E-state index in [9.17, 15) is 14.9 Å². The zero-order valence-corrected chi connectivity index (χ0v) is 12.8. The number of nitrogens with one attached hydrogen (secondary N) is 1. The number of aryl methyl sites for hydroxylation is 1. The Morgan fingerprint density at radius 2 is 2.22 bits per heavy atom. The van der Waals surface area contributed by atoms with E-state index in [1.54, 1.807) is 12.1 Å². The summed E-state index contributed by atoms with van der Waals surface area (Å²) in [6.45, 7) is 2.83. The van der Waals surface area contributed by atoms with Crippen molar-refractivity contribution < 1.29 is 14.5 Å². The van der Waals surface area contributed by atoms with Crippen LogP contribution in [0.3, 0.4) is 0 Å². The minimum Gasteiger partial charge on any atom is -0.492 e. The van der Waals surface area contributed by atoms with Crippen LogP contribution in [0.1, 0.15) is 19.8 Å². The van der Waals surface area contributed by atoms with Crippen LogP contribution >= 0.6 is 0 Å². The lowest BCUT2D eigenvalue weighted by molar-refractivity contribution is -0.385. The van der Waals surface area contributed by atoms with Gasteiger partial charge in [0, 0.05) is 13.0 Å². The average molecular weight is 318 g/mol. The molecule has 8 heteroatoms. The Hall–Kier alpha value is -2.90. The standard InChI is InChI=1S/C15H18N4O4/c1-2-23-14-7-4-3-6-13(14)17-15(20)8-5-9-18-11-12(10-16-18)19(21)22/h3-4,6-7,10-11H,2,5,8-9H2,1H3,(H,17,20). The topological polar surface area (TPSA) is 99.3 Å². The molecule has 1 heterocycles. The van der Waals surface area contributed by atoms with Gasteiger partial charge in [-0.3, -0.25) is 19.6 Å². The van der Waals surface area contributed by atoms with Gasteiger partial charge in [-0.25, -0.2) is 0 Å². The summed E-state index contributed by atoms with van der Waals surface area (Å²) in [5.74, 6) is 0.491. The molecule has 1 aromatic carbocycles. The summed E-state index contributed by atoms with van der Waals surface area (Å²) in [6, 6.07) is 7.23. The monoisotopic (exact) mass is 318 g/mol. The van der Waals surface area contributed by atoms with E-state index in [0.717, 1.165) is 0 Å². The number of carbonyl (C=O) groups is 1. The quantitative estimate of drug-likeness (QED) is 0.595. The lowest BCUT2D eigenvalue weighted by Crippen LogP contribution is -2.13. The lowest BCUT2D eigenvalue weighted by Gasteiger charge is -2.11. The fraction of sp³-hybridized carbons (Fsp3) is 0.333. The van der Waals surface area contributed by atoms with Crippen molar-refractivity contribution in [2.75, 3.05) is 11.9 Å². The molecule has 0 aliphatic rings. The lowest BCUT2D eigenvalue weighted by atomic mass is 10.2. The van der Waals surface area contributed by atoms with Crippen molar-refractivity contribution in [3.63, 3.8) is 0 Å². The SMILES string of the molecule is CCOc1ccccc1NC(=O)CCCn1cc([N+](=O)[O-])cn1. The number of nitro groups is 1. The summed E-state index contributed by atoms with van der Waals surface area (Å²) in [7, 11) is 0. The molecular formula is C15H18N4O4. The summed E-state index contributed by atoms with van der Waals surface area (Å²) in [5, 5.41) is 17.2. The van der Waals surface area contributed by atoms with Crippen LogP contribution in [0.15, 0.2) is 36.7 Å². The summed E-state index contributed by atoms with van der Waals surface area (Å²) in [4.78, 5) is 22.0. The number of aromatic nitrogens is 2. The number of hydrogen-bond acceptors (Lipinski definition) is 5. The van der Waals surface area contributed by atoms with Crippen LogP contribution in [0.4, 0.5) is 11.4 Å². The molecule has 0 saturated heterocycles. The third-order valence-electron chi connectivity index (χ3n) is 3.08. The van der Waals surface area contributed by atoms with Gasteiger partial charge < -0.3 is 10.1 Å². The number of hydrogen-bond donors (Lipinski definition) is 1. The first-order valence-corrected chi connectivity index (χ1v) is 7.28. The van der Waals surface area contributed by atoms with Gasteiger partial charge in [-0.2, -0.15) is 5.10 Å². The second kappa shape index (κ2) is 7.92. The summed E-state index contributed by atoms with van der Waals surface area (Å²) in [6.07, 6.45) is 3.36. The number of carbonyl (C=O) groups excluding carboxylic acids is 1. The molecule has 0 fully saturated rings. The first kappa shape index (κ1) is 16.5. The molecule has 122 valence electrons. The molecule has 23 heavy (non-hydrogen) atoms. The van der Waals surface area contributed by atoms with Crippen molar-refractivity contribution in [1.82, 2.24) is 9.78 Å². The second-order valence-electron chi connectivity index (χ2n) is 4.80. The molecule has 0 radical (unpaired) electrons. The summed E-state index contributed by atoms with van der Waals surface area (Å²) >= 11 is 0. The molecule has 0 bridgehead atoms. The van der Waals surface area contributed by atoms with Crippen LogP contribution in [0.5, 0.6) is 5.75 Å². The van der Waals surface area contributed by atoms with Crippen LogP contribution < -0.4 is 10.1 Å². The Morgan fingerprint density at radius 1 is 1.43 bits per heavy atom. The molecule has 0 unspecified atom stereocenters. The molecule has 0 saturated carbocycles. The molecule has 0 spiro atoms. The van der Waals surface area contributed by atoms with Gasteiger partial charge in [-0.1, -0.05) is 12.1 Å². The molecule has 2 aromatic rings. The first-order valence-electron chi connectivity index (χ1n) is 7.28. The largest absolute Gasteiger partial charge is 0.492 e. The van der Waals surface area contributed by atoms with E-state index in [2.05, 4.69) is 10.4 Å². The summed E-state index contributed by atoms with van der Waals surface area (Å²) < 4.78 is 6.90. The van der Waals surface area contributed by atoms with Gasteiger partial charge in [0.05, 0.1) is 17.2 Å². The smallest absolute Gasteiger partial charge is 0.306 e. The van der Waals surface area contributed by atoms with Crippen molar-refractivity contribution >= 4 is 17.3 Å². The van der Waals surface area contributed by atoms with E-state index < -0.39 is 4.92 Å². The van der Waals surface area contributed by atoms with E-state index in [1.807, 2.05) is 19.1 Å². The zero-order valence-electron chi connectivity index (χ0n) is 12.8. The third-order valence-corrected chi connectivity index (χ3v) is 3.08. The van der Waals surface area contributed by atoms with Crippen molar-refractivity contribution in [1.29, 1.82) is 0 Å². The predicted molar refractivity (Wildman–Crippen MR) is 84.4 cm³/mol. The summed E-state index contributed by atoms with van der Waals surface area (Å²) in [5.41, 5.74) is 0.578. The van der Waals surface area contributed by atoms with E-state index in [4.69, 9.17) is 4.74 Å². The Kier molecular flexibility index (Phi) is 5.67.